The van der Waals surface area contributed by atoms with Gasteiger partial charge in [-0.1, -0.05) is 25.1 Å². The second-order valence-electron chi connectivity index (χ2n) is 5.46. The summed E-state index contributed by atoms with van der Waals surface area (Å²) in [6.45, 7) is 4.59. The number of rotatable bonds is 4. The molecule has 1 aromatic heterocycles. The summed E-state index contributed by atoms with van der Waals surface area (Å²) >= 11 is 0. The van der Waals surface area contributed by atoms with Gasteiger partial charge < -0.3 is 4.74 Å². The Labute approximate surface area is 118 Å². The van der Waals surface area contributed by atoms with Crippen LogP contribution in [0.5, 0.6) is 0 Å². The zero-order chi connectivity index (χ0) is 14.1. The fourth-order valence-electron chi connectivity index (χ4n) is 2.33. The third-order valence-corrected chi connectivity index (χ3v) is 3.94. The van der Waals surface area contributed by atoms with Crippen LogP contribution in [-0.4, -0.2) is 22.4 Å². The van der Waals surface area contributed by atoms with Gasteiger partial charge in [-0.05, 0) is 37.3 Å². The Hall–Kier alpha value is -2.10. The van der Waals surface area contributed by atoms with Gasteiger partial charge in [-0.2, -0.15) is 5.10 Å². The fourth-order valence-corrected chi connectivity index (χ4v) is 2.33. The van der Waals surface area contributed by atoms with Crippen LogP contribution in [0, 0.1) is 18.8 Å². The van der Waals surface area contributed by atoms with E-state index in [9.17, 15) is 4.79 Å². The van der Waals surface area contributed by atoms with Crippen molar-refractivity contribution in [3.05, 3.63) is 47.8 Å². The topological polar surface area (TPSA) is 44.1 Å². The van der Waals surface area contributed by atoms with E-state index in [4.69, 9.17) is 4.74 Å². The molecule has 0 aliphatic heterocycles. The van der Waals surface area contributed by atoms with Gasteiger partial charge in [-0.3, -0.25) is 0 Å². The summed E-state index contributed by atoms with van der Waals surface area (Å²) in [5.41, 5.74) is 2.30. The van der Waals surface area contributed by atoms with Crippen molar-refractivity contribution in [2.24, 2.45) is 11.8 Å². The second-order valence-corrected chi connectivity index (χ2v) is 5.46. The molecule has 2 aromatic rings. The fraction of sp³-hybridized carbons (Fsp3) is 0.375. The van der Waals surface area contributed by atoms with Gasteiger partial charge in [-0.25, -0.2) is 9.48 Å². The average molecular weight is 270 g/mol. The Balaban J connectivity index is 1.74. The SMILES string of the molecule is Cc1c(C(=O)OCC2CC2C)cnn1-c1ccccc1. The van der Waals surface area contributed by atoms with Gasteiger partial charge in [0.15, 0.2) is 0 Å². The number of hydrogen-bond donors (Lipinski definition) is 0. The predicted molar refractivity (Wildman–Crippen MR) is 75.9 cm³/mol. The van der Waals surface area contributed by atoms with Crippen LogP contribution < -0.4 is 0 Å². The minimum atomic E-state index is -0.274. The smallest absolute Gasteiger partial charge is 0.341 e. The second kappa shape index (κ2) is 5.12. The molecule has 1 aromatic carbocycles. The molecule has 1 heterocycles. The Morgan fingerprint density at radius 1 is 1.40 bits per heavy atom. The minimum Gasteiger partial charge on any atom is -0.462 e. The lowest BCUT2D eigenvalue weighted by Crippen LogP contribution is -2.09. The van der Waals surface area contributed by atoms with Crippen molar-refractivity contribution in [3.63, 3.8) is 0 Å². The van der Waals surface area contributed by atoms with Crippen molar-refractivity contribution in [1.82, 2.24) is 9.78 Å². The standard InChI is InChI=1S/C16H18N2O2/c1-11-8-13(11)10-20-16(19)15-9-17-18(12(15)2)14-6-4-3-5-7-14/h3-7,9,11,13H,8,10H2,1-2H3. The van der Waals surface area contributed by atoms with Gasteiger partial charge in [0.05, 0.1) is 24.2 Å². The van der Waals surface area contributed by atoms with E-state index < -0.39 is 0 Å². The van der Waals surface area contributed by atoms with Crippen LogP contribution in [0.4, 0.5) is 0 Å². The Morgan fingerprint density at radius 3 is 2.75 bits per heavy atom. The van der Waals surface area contributed by atoms with Crippen molar-refractivity contribution in [1.29, 1.82) is 0 Å². The highest BCUT2D eigenvalue weighted by Gasteiger charge is 2.33. The molecule has 1 fully saturated rings. The quantitative estimate of drug-likeness (QED) is 0.802. The van der Waals surface area contributed by atoms with Crippen LogP contribution in [-0.2, 0) is 4.74 Å². The molecule has 3 rings (SSSR count). The molecule has 1 aliphatic carbocycles. The molecule has 4 heteroatoms. The predicted octanol–water partition coefficient (Wildman–Crippen LogP) is 2.99. The molecule has 0 spiro atoms. The maximum absolute atomic E-state index is 12.1. The lowest BCUT2D eigenvalue weighted by Gasteiger charge is -2.06. The van der Waals surface area contributed by atoms with E-state index in [-0.39, 0.29) is 5.97 Å². The summed E-state index contributed by atoms with van der Waals surface area (Å²) in [4.78, 5) is 12.1. The molecule has 0 saturated heterocycles. The van der Waals surface area contributed by atoms with Gasteiger partial charge in [-0.15, -0.1) is 0 Å². The number of hydrogen-bond acceptors (Lipinski definition) is 3. The van der Waals surface area contributed by atoms with Crippen LogP contribution in [0.2, 0.25) is 0 Å². The number of para-hydroxylation sites is 1. The molecule has 1 saturated carbocycles. The van der Waals surface area contributed by atoms with Crippen molar-refractivity contribution >= 4 is 5.97 Å². The highest BCUT2D eigenvalue weighted by Crippen LogP contribution is 2.37. The number of carbonyl (C=O) groups excluding carboxylic acids is 1. The molecule has 0 radical (unpaired) electrons. The van der Waals surface area contributed by atoms with Gasteiger partial charge in [0.25, 0.3) is 0 Å². The number of benzene rings is 1. The zero-order valence-electron chi connectivity index (χ0n) is 11.7. The lowest BCUT2D eigenvalue weighted by atomic mass is 10.2. The first-order valence-corrected chi connectivity index (χ1v) is 6.94. The van der Waals surface area contributed by atoms with Gasteiger partial charge in [0, 0.05) is 0 Å². The highest BCUT2D eigenvalue weighted by atomic mass is 16.5. The van der Waals surface area contributed by atoms with Gasteiger partial charge in [0.2, 0.25) is 0 Å². The van der Waals surface area contributed by atoms with Crippen LogP contribution in [0.3, 0.4) is 0 Å². The molecular formula is C16H18N2O2. The average Bonchev–Trinajstić information content (AvgIpc) is 3.03. The van der Waals surface area contributed by atoms with E-state index in [2.05, 4.69) is 12.0 Å². The highest BCUT2D eigenvalue weighted by molar-refractivity contribution is 5.90. The van der Waals surface area contributed by atoms with Crippen LogP contribution in [0.25, 0.3) is 5.69 Å². The summed E-state index contributed by atoms with van der Waals surface area (Å²) in [6.07, 6.45) is 2.75. The Morgan fingerprint density at radius 2 is 2.10 bits per heavy atom. The third-order valence-electron chi connectivity index (χ3n) is 3.94. The molecule has 20 heavy (non-hydrogen) atoms. The largest absolute Gasteiger partial charge is 0.462 e. The molecule has 2 unspecified atom stereocenters. The third kappa shape index (κ3) is 2.46. The first kappa shape index (κ1) is 12.9. The van der Waals surface area contributed by atoms with Crippen LogP contribution in [0.1, 0.15) is 29.4 Å². The Kier molecular flexibility index (Phi) is 3.30. The molecule has 104 valence electrons. The molecule has 0 bridgehead atoms. The van der Waals surface area contributed by atoms with E-state index in [0.29, 0.717) is 24.0 Å². The number of ether oxygens (including phenoxy) is 1. The molecule has 1 aliphatic rings. The van der Waals surface area contributed by atoms with E-state index in [1.54, 1.807) is 10.9 Å². The van der Waals surface area contributed by atoms with Gasteiger partial charge in [0.1, 0.15) is 5.56 Å². The summed E-state index contributed by atoms with van der Waals surface area (Å²) in [7, 11) is 0. The molecule has 0 amide bonds. The zero-order valence-corrected chi connectivity index (χ0v) is 11.7. The van der Waals surface area contributed by atoms with Crippen LogP contribution in [0.15, 0.2) is 36.5 Å². The maximum Gasteiger partial charge on any atom is 0.341 e. The molecule has 0 N–H and O–H groups in total. The van der Waals surface area contributed by atoms with E-state index in [1.807, 2.05) is 37.3 Å². The first-order chi connectivity index (χ1) is 9.66. The number of carbonyl (C=O) groups is 1. The van der Waals surface area contributed by atoms with Crippen LogP contribution >= 0.6 is 0 Å². The van der Waals surface area contributed by atoms with Gasteiger partial charge >= 0.3 is 5.97 Å². The van der Waals surface area contributed by atoms with Crippen molar-refractivity contribution < 1.29 is 9.53 Å². The molecule has 2 atom stereocenters. The number of esters is 1. The summed E-state index contributed by atoms with van der Waals surface area (Å²) < 4.78 is 7.12. The molecule has 4 nitrogen and oxygen atoms in total. The number of aromatic nitrogens is 2. The summed E-state index contributed by atoms with van der Waals surface area (Å²) in [5.74, 6) is 0.961. The number of nitrogens with zero attached hydrogens (tertiary/aromatic N) is 2. The molecular weight excluding hydrogens is 252 g/mol. The van der Waals surface area contributed by atoms with Crippen molar-refractivity contribution in [2.45, 2.75) is 20.3 Å². The van der Waals surface area contributed by atoms with Crippen molar-refractivity contribution in [2.75, 3.05) is 6.61 Å². The first-order valence-electron chi connectivity index (χ1n) is 6.94. The summed E-state index contributed by atoms with van der Waals surface area (Å²) in [5, 5.41) is 4.28. The van der Waals surface area contributed by atoms with E-state index >= 15 is 0 Å². The monoisotopic (exact) mass is 270 g/mol. The van der Waals surface area contributed by atoms with Crippen molar-refractivity contribution in [3.8, 4) is 5.69 Å². The van der Waals surface area contributed by atoms with E-state index in [0.717, 1.165) is 17.8 Å². The lowest BCUT2D eigenvalue weighted by molar-refractivity contribution is 0.0480. The summed E-state index contributed by atoms with van der Waals surface area (Å²) in [6, 6.07) is 9.77. The maximum atomic E-state index is 12.1. The minimum absolute atomic E-state index is 0.274. The Bertz CT molecular complexity index is 619. The van der Waals surface area contributed by atoms with E-state index in [1.165, 1.54) is 0 Å². The normalized spacial score (nSPS) is 20.7.